The third-order valence-corrected chi connectivity index (χ3v) is 4.59. The largest absolute Gasteiger partial charge is 0.352 e. The van der Waals surface area contributed by atoms with Crippen molar-refractivity contribution in [2.75, 3.05) is 19.6 Å². The Hall–Kier alpha value is -2.36. The summed E-state index contributed by atoms with van der Waals surface area (Å²) in [7, 11) is 0. The van der Waals surface area contributed by atoms with Crippen LogP contribution in [-0.4, -0.2) is 36.3 Å². The first-order chi connectivity index (χ1) is 11.7. The van der Waals surface area contributed by atoms with Gasteiger partial charge in [0.2, 0.25) is 5.91 Å². The van der Waals surface area contributed by atoms with Crippen LogP contribution in [0.2, 0.25) is 0 Å². The molecule has 3 rings (SSSR count). The van der Waals surface area contributed by atoms with E-state index in [4.69, 9.17) is 0 Å². The van der Waals surface area contributed by atoms with Crippen molar-refractivity contribution in [3.8, 4) is 0 Å². The van der Waals surface area contributed by atoms with Gasteiger partial charge in [0, 0.05) is 31.6 Å². The normalized spacial score (nSPS) is 15.1. The van der Waals surface area contributed by atoms with Gasteiger partial charge in [-0.3, -0.25) is 9.59 Å². The van der Waals surface area contributed by atoms with E-state index in [1.807, 2.05) is 47.4 Å². The summed E-state index contributed by atoms with van der Waals surface area (Å²) in [4.78, 5) is 26.4. The Morgan fingerprint density at radius 2 is 1.62 bits per heavy atom. The number of nitrogens with zero attached hydrogens (tertiary/aromatic N) is 1. The van der Waals surface area contributed by atoms with Crippen LogP contribution in [0.5, 0.6) is 0 Å². The molecule has 1 heterocycles. The average molecular weight is 324 g/mol. The second-order valence-corrected chi connectivity index (χ2v) is 6.36. The second kappa shape index (κ2) is 7.95. The number of likely N-dealkylation sites (tertiary alicyclic amines) is 1. The van der Waals surface area contributed by atoms with Gasteiger partial charge in [0.25, 0.3) is 5.91 Å². The van der Waals surface area contributed by atoms with E-state index in [-0.39, 0.29) is 11.8 Å². The molecule has 0 unspecified atom stereocenters. The van der Waals surface area contributed by atoms with Crippen molar-refractivity contribution in [3.63, 3.8) is 0 Å². The minimum absolute atomic E-state index is 0.121. The molecule has 0 aromatic heterocycles. The van der Waals surface area contributed by atoms with Gasteiger partial charge >= 0.3 is 0 Å². The van der Waals surface area contributed by atoms with Crippen LogP contribution < -0.4 is 5.32 Å². The zero-order valence-electron chi connectivity index (χ0n) is 14.0. The second-order valence-electron chi connectivity index (χ2n) is 6.36. The van der Waals surface area contributed by atoms with Crippen LogP contribution in [0.3, 0.4) is 0 Å². The Labute approximate surface area is 142 Å². The number of nitrogens with one attached hydrogen (secondary N) is 1. The summed E-state index contributed by atoms with van der Waals surface area (Å²) in [6.07, 6.45) is 4.98. The van der Waals surface area contributed by atoms with Gasteiger partial charge in [-0.2, -0.15) is 0 Å². The Kier molecular flexibility index (Phi) is 5.47. The van der Waals surface area contributed by atoms with E-state index in [1.165, 1.54) is 12.8 Å². The van der Waals surface area contributed by atoms with E-state index >= 15 is 0 Å². The molecule has 2 aromatic carbocycles. The van der Waals surface area contributed by atoms with Crippen molar-refractivity contribution in [1.82, 2.24) is 10.2 Å². The predicted molar refractivity (Wildman–Crippen MR) is 95.9 cm³/mol. The van der Waals surface area contributed by atoms with E-state index in [1.54, 1.807) is 0 Å². The zero-order chi connectivity index (χ0) is 16.8. The Morgan fingerprint density at radius 3 is 2.38 bits per heavy atom. The number of fused-ring (bicyclic) bond motifs is 1. The molecule has 126 valence electrons. The SMILES string of the molecule is O=C(NCCC(=O)N1CCCCCC1)c1ccc2ccccc2c1. The zero-order valence-corrected chi connectivity index (χ0v) is 14.0. The maximum atomic E-state index is 12.3. The molecule has 1 saturated heterocycles. The van der Waals surface area contributed by atoms with Crippen LogP contribution >= 0.6 is 0 Å². The molecule has 2 amide bonds. The fourth-order valence-electron chi connectivity index (χ4n) is 3.19. The molecule has 1 aliphatic rings. The monoisotopic (exact) mass is 324 g/mol. The van der Waals surface area contributed by atoms with Crippen molar-refractivity contribution >= 4 is 22.6 Å². The third-order valence-electron chi connectivity index (χ3n) is 4.59. The van der Waals surface area contributed by atoms with Crippen LogP contribution in [0.25, 0.3) is 10.8 Å². The number of amides is 2. The van der Waals surface area contributed by atoms with Gasteiger partial charge in [-0.25, -0.2) is 0 Å². The molecule has 1 aliphatic heterocycles. The first kappa shape index (κ1) is 16.5. The topological polar surface area (TPSA) is 49.4 Å². The van der Waals surface area contributed by atoms with Crippen molar-refractivity contribution in [1.29, 1.82) is 0 Å². The van der Waals surface area contributed by atoms with E-state index in [0.29, 0.717) is 18.5 Å². The lowest BCUT2D eigenvalue weighted by molar-refractivity contribution is -0.131. The van der Waals surface area contributed by atoms with Crippen LogP contribution in [-0.2, 0) is 4.79 Å². The van der Waals surface area contributed by atoms with Crippen LogP contribution in [0, 0.1) is 0 Å². The number of carbonyl (C=O) groups excluding carboxylic acids is 2. The van der Waals surface area contributed by atoms with Crippen molar-refractivity contribution in [2.45, 2.75) is 32.1 Å². The lowest BCUT2D eigenvalue weighted by Gasteiger charge is -2.20. The third kappa shape index (κ3) is 4.13. The molecule has 0 radical (unpaired) electrons. The van der Waals surface area contributed by atoms with Gasteiger partial charge in [0.1, 0.15) is 0 Å². The number of hydrogen-bond acceptors (Lipinski definition) is 2. The average Bonchev–Trinajstić information content (AvgIpc) is 2.90. The Bertz CT molecular complexity index is 718. The highest BCUT2D eigenvalue weighted by molar-refractivity contribution is 5.98. The van der Waals surface area contributed by atoms with E-state index in [2.05, 4.69) is 5.32 Å². The van der Waals surface area contributed by atoms with Gasteiger partial charge in [0.15, 0.2) is 0 Å². The van der Waals surface area contributed by atoms with Gasteiger partial charge in [0.05, 0.1) is 0 Å². The molecular weight excluding hydrogens is 300 g/mol. The number of carbonyl (C=O) groups is 2. The summed E-state index contributed by atoms with van der Waals surface area (Å²) in [6.45, 7) is 2.11. The minimum Gasteiger partial charge on any atom is -0.352 e. The van der Waals surface area contributed by atoms with Gasteiger partial charge in [-0.1, -0.05) is 43.2 Å². The Morgan fingerprint density at radius 1 is 0.917 bits per heavy atom. The lowest BCUT2D eigenvalue weighted by atomic mass is 10.1. The molecule has 0 saturated carbocycles. The molecule has 2 aromatic rings. The molecule has 1 fully saturated rings. The fourth-order valence-corrected chi connectivity index (χ4v) is 3.19. The molecule has 1 N–H and O–H groups in total. The fraction of sp³-hybridized carbons (Fsp3) is 0.400. The smallest absolute Gasteiger partial charge is 0.251 e. The van der Waals surface area contributed by atoms with Crippen LogP contribution in [0.1, 0.15) is 42.5 Å². The number of rotatable bonds is 4. The highest BCUT2D eigenvalue weighted by atomic mass is 16.2. The molecule has 24 heavy (non-hydrogen) atoms. The van der Waals surface area contributed by atoms with Gasteiger partial charge < -0.3 is 10.2 Å². The van der Waals surface area contributed by atoms with E-state index in [9.17, 15) is 9.59 Å². The molecule has 0 spiro atoms. The summed E-state index contributed by atoms with van der Waals surface area (Å²) < 4.78 is 0. The van der Waals surface area contributed by atoms with Crippen molar-refractivity contribution in [2.24, 2.45) is 0 Å². The van der Waals surface area contributed by atoms with Gasteiger partial charge in [-0.05, 0) is 35.7 Å². The molecule has 4 heteroatoms. The quantitative estimate of drug-likeness (QED) is 0.937. The standard InChI is InChI=1S/C20H24N2O2/c23-19(22-13-5-1-2-6-14-22)11-12-21-20(24)18-10-9-16-7-3-4-8-17(16)15-18/h3-4,7-10,15H,1-2,5-6,11-14H2,(H,21,24). The minimum atomic E-state index is -0.121. The maximum Gasteiger partial charge on any atom is 0.251 e. The van der Waals surface area contributed by atoms with Crippen molar-refractivity contribution < 1.29 is 9.59 Å². The lowest BCUT2D eigenvalue weighted by Crippen LogP contribution is -2.35. The van der Waals surface area contributed by atoms with E-state index < -0.39 is 0 Å². The first-order valence-corrected chi connectivity index (χ1v) is 8.79. The van der Waals surface area contributed by atoms with Crippen LogP contribution in [0.15, 0.2) is 42.5 Å². The number of benzene rings is 2. The molecular formula is C20H24N2O2. The highest BCUT2D eigenvalue weighted by Crippen LogP contribution is 2.15. The summed E-state index contributed by atoms with van der Waals surface area (Å²) >= 11 is 0. The summed E-state index contributed by atoms with van der Waals surface area (Å²) in [5, 5.41) is 5.03. The molecule has 0 atom stereocenters. The summed E-state index contributed by atoms with van der Waals surface area (Å²) in [6, 6.07) is 13.6. The predicted octanol–water partition coefficient (Wildman–Crippen LogP) is 3.36. The molecule has 4 nitrogen and oxygen atoms in total. The molecule has 0 aliphatic carbocycles. The summed E-state index contributed by atoms with van der Waals surface area (Å²) in [5.41, 5.74) is 0.635. The van der Waals surface area contributed by atoms with Gasteiger partial charge in [-0.15, -0.1) is 0 Å². The molecule has 0 bridgehead atoms. The first-order valence-electron chi connectivity index (χ1n) is 8.79. The maximum absolute atomic E-state index is 12.3. The van der Waals surface area contributed by atoms with Crippen molar-refractivity contribution in [3.05, 3.63) is 48.0 Å². The Balaban J connectivity index is 1.51. The number of hydrogen-bond donors (Lipinski definition) is 1. The highest BCUT2D eigenvalue weighted by Gasteiger charge is 2.15. The van der Waals surface area contributed by atoms with Crippen LogP contribution in [0.4, 0.5) is 0 Å². The van der Waals surface area contributed by atoms with E-state index in [0.717, 1.165) is 36.7 Å². The summed E-state index contributed by atoms with van der Waals surface area (Å²) in [5.74, 6) is 0.0279.